The highest BCUT2D eigenvalue weighted by molar-refractivity contribution is 6.00. The molecule has 31 heavy (non-hydrogen) atoms. The first-order valence-electron chi connectivity index (χ1n) is 10.8. The third-order valence-corrected chi connectivity index (χ3v) is 6.21. The number of aromatic nitrogens is 2. The van der Waals surface area contributed by atoms with E-state index in [1.807, 2.05) is 18.0 Å². The average Bonchev–Trinajstić information content (AvgIpc) is 2.81. The van der Waals surface area contributed by atoms with E-state index in [0.29, 0.717) is 29.4 Å². The van der Waals surface area contributed by atoms with Crippen LogP contribution in [0.15, 0.2) is 18.2 Å². The summed E-state index contributed by atoms with van der Waals surface area (Å²) < 4.78 is 11.0. The first-order chi connectivity index (χ1) is 15.1. The number of carbonyl (C=O) groups is 1. The van der Waals surface area contributed by atoms with Gasteiger partial charge in [-0.15, -0.1) is 0 Å². The van der Waals surface area contributed by atoms with Crippen LogP contribution in [0.5, 0.6) is 11.5 Å². The minimum absolute atomic E-state index is 0.108. The maximum absolute atomic E-state index is 13.7. The number of amides is 1. The molecule has 0 bridgehead atoms. The van der Waals surface area contributed by atoms with Gasteiger partial charge in [-0.2, -0.15) is 0 Å². The fraction of sp³-hybridized carbons (Fsp3) is 0.522. The molecular formula is C23H31N5O3. The standard InChI is InChI=1S/C23H31N5O3/c1-24-21-15-11-13-27(2)14-16(15)25-22(26-21)17-8-5-6-12-28(17)23(29)20-18(30-3)9-7-10-19(20)31-4/h7,9-10,17H,5-6,8,11-14H2,1-4H3,(H,24,25,26). The molecule has 1 N–H and O–H groups in total. The number of carbonyl (C=O) groups excluding carboxylic acids is 1. The fourth-order valence-electron chi connectivity index (χ4n) is 4.58. The molecule has 0 saturated carbocycles. The van der Waals surface area contributed by atoms with Crippen molar-refractivity contribution in [3.05, 3.63) is 40.8 Å². The predicted molar refractivity (Wildman–Crippen MR) is 119 cm³/mol. The number of benzene rings is 1. The Morgan fingerprint density at radius 1 is 1.13 bits per heavy atom. The van der Waals surface area contributed by atoms with Crippen LogP contribution in [0.1, 0.15) is 52.7 Å². The summed E-state index contributed by atoms with van der Waals surface area (Å²) in [7, 11) is 7.14. The quantitative estimate of drug-likeness (QED) is 0.789. The van der Waals surface area contributed by atoms with Crippen LogP contribution in [-0.2, 0) is 13.0 Å². The minimum Gasteiger partial charge on any atom is -0.496 e. The molecule has 1 saturated heterocycles. The molecule has 1 unspecified atom stereocenters. The van der Waals surface area contributed by atoms with Crippen LogP contribution in [-0.4, -0.2) is 67.1 Å². The van der Waals surface area contributed by atoms with E-state index in [1.54, 1.807) is 26.4 Å². The number of piperidine rings is 1. The van der Waals surface area contributed by atoms with Crippen molar-refractivity contribution in [2.75, 3.05) is 46.7 Å². The number of likely N-dealkylation sites (N-methyl/N-ethyl adjacent to an activating group) is 1. The maximum Gasteiger partial charge on any atom is 0.262 e. The van der Waals surface area contributed by atoms with Gasteiger partial charge < -0.3 is 24.6 Å². The van der Waals surface area contributed by atoms with Crippen LogP contribution in [0.4, 0.5) is 5.82 Å². The maximum atomic E-state index is 13.7. The van der Waals surface area contributed by atoms with Crippen LogP contribution in [0.2, 0.25) is 0 Å². The molecule has 3 heterocycles. The fourth-order valence-corrected chi connectivity index (χ4v) is 4.58. The molecule has 0 radical (unpaired) electrons. The number of likely N-dealkylation sites (tertiary alicyclic amines) is 1. The molecule has 1 fully saturated rings. The van der Waals surface area contributed by atoms with E-state index < -0.39 is 0 Å². The summed E-state index contributed by atoms with van der Waals surface area (Å²) >= 11 is 0. The zero-order valence-electron chi connectivity index (χ0n) is 18.8. The molecule has 166 valence electrons. The first-order valence-corrected chi connectivity index (χ1v) is 10.8. The van der Waals surface area contributed by atoms with Gasteiger partial charge in [0.1, 0.15) is 22.9 Å². The van der Waals surface area contributed by atoms with Crippen molar-refractivity contribution < 1.29 is 14.3 Å². The number of nitrogens with zero attached hydrogens (tertiary/aromatic N) is 4. The average molecular weight is 426 g/mol. The summed E-state index contributed by atoms with van der Waals surface area (Å²) in [4.78, 5) is 27.7. The van der Waals surface area contributed by atoms with Crippen LogP contribution < -0.4 is 14.8 Å². The van der Waals surface area contributed by atoms with Crippen molar-refractivity contribution in [3.8, 4) is 11.5 Å². The highest BCUT2D eigenvalue weighted by Crippen LogP contribution is 2.36. The van der Waals surface area contributed by atoms with Crippen LogP contribution >= 0.6 is 0 Å². The van der Waals surface area contributed by atoms with Crippen molar-refractivity contribution in [2.45, 2.75) is 38.3 Å². The van der Waals surface area contributed by atoms with E-state index in [4.69, 9.17) is 19.4 Å². The predicted octanol–water partition coefficient (Wildman–Crippen LogP) is 2.89. The summed E-state index contributed by atoms with van der Waals surface area (Å²) in [5.74, 6) is 2.50. The Kier molecular flexibility index (Phi) is 6.27. The monoisotopic (exact) mass is 425 g/mol. The number of hydrogen-bond acceptors (Lipinski definition) is 7. The zero-order chi connectivity index (χ0) is 22.0. The highest BCUT2D eigenvalue weighted by atomic mass is 16.5. The minimum atomic E-state index is -0.180. The first kappa shape index (κ1) is 21.4. The van der Waals surface area contributed by atoms with Crippen molar-refractivity contribution in [1.82, 2.24) is 19.8 Å². The summed E-state index contributed by atoms with van der Waals surface area (Å²) in [5.41, 5.74) is 2.69. The Morgan fingerprint density at radius 2 is 1.87 bits per heavy atom. The van der Waals surface area contributed by atoms with E-state index in [0.717, 1.165) is 50.3 Å². The third-order valence-electron chi connectivity index (χ3n) is 6.21. The SMILES string of the molecule is CNc1nc(C2CCCCN2C(=O)c2c(OC)cccc2OC)nc2c1CCN(C)C2. The van der Waals surface area contributed by atoms with E-state index in [2.05, 4.69) is 17.3 Å². The summed E-state index contributed by atoms with van der Waals surface area (Å²) in [6.07, 6.45) is 3.74. The van der Waals surface area contributed by atoms with E-state index >= 15 is 0 Å². The molecule has 0 spiro atoms. The lowest BCUT2D eigenvalue weighted by Crippen LogP contribution is -2.40. The van der Waals surface area contributed by atoms with Gasteiger partial charge >= 0.3 is 0 Å². The zero-order valence-corrected chi connectivity index (χ0v) is 18.8. The number of anilines is 1. The topological polar surface area (TPSA) is 79.8 Å². The molecule has 0 aliphatic carbocycles. The van der Waals surface area contributed by atoms with Crippen molar-refractivity contribution in [3.63, 3.8) is 0 Å². The molecular weight excluding hydrogens is 394 g/mol. The van der Waals surface area contributed by atoms with Gasteiger partial charge in [0.25, 0.3) is 5.91 Å². The van der Waals surface area contributed by atoms with Gasteiger partial charge in [0.15, 0.2) is 5.82 Å². The Labute approximate surface area is 183 Å². The van der Waals surface area contributed by atoms with Gasteiger partial charge in [0.2, 0.25) is 0 Å². The van der Waals surface area contributed by atoms with E-state index in [9.17, 15) is 4.79 Å². The number of fused-ring (bicyclic) bond motifs is 1. The van der Waals surface area contributed by atoms with Crippen LogP contribution in [0.25, 0.3) is 0 Å². The Morgan fingerprint density at radius 3 is 2.55 bits per heavy atom. The van der Waals surface area contributed by atoms with E-state index in [1.165, 1.54) is 5.56 Å². The summed E-state index contributed by atoms with van der Waals surface area (Å²) in [5, 5.41) is 3.25. The molecule has 4 rings (SSSR count). The molecule has 1 aromatic carbocycles. The lowest BCUT2D eigenvalue weighted by atomic mass is 9.98. The molecule has 1 atom stereocenters. The smallest absolute Gasteiger partial charge is 0.262 e. The van der Waals surface area contributed by atoms with Crippen molar-refractivity contribution in [2.24, 2.45) is 0 Å². The number of hydrogen-bond donors (Lipinski definition) is 1. The molecule has 2 aromatic rings. The Bertz CT molecular complexity index is 942. The molecule has 2 aliphatic heterocycles. The lowest BCUT2D eigenvalue weighted by Gasteiger charge is -2.36. The van der Waals surface area contributed by atoms with Crippen LogP contribution in [0.3, 0.4) is 0 Å². The van der Waals surface area contributed by atoms with Crippen molar-refractivity contribution >= 4 is 11.7 Å². The molecule has 8 nitrogen and oxygen atoms in total. The largest absolute Gasteiger partial charge is 0.496 e. The van der Waals surface area contributed by atoms with Gasteiger partial charge in [-0.1, -0.05) is 6.07 Å². The number of nitrogens with one attached hydrogen (secondary N) is 1. The Hall–Kier alpha value is -2.87. The van der Waals surface area contributed by atoms with Gasteiger partial charge in [-0.25, -0.2) is 9.97 Å². The molecule has 1 aromatic heterocycles. The van der Waals surface area contributed by atoms with E-state index in [-0.39, 0.29) is 11.9 Å². The van der Waals surface area contributed by atoms with Gasteiger partial charge in [-0.3, -0.25) is 4.79 Å². The molecule has 8 heteroatoms. The highest BCUT2D eigenvalue weighted by Gasteiger charge is 2.34. The second kappa shape index (κ2) is 9.09. The second-order valence-electron chi connectivity index (χ2n) is 8.14. The number of ether oxygens (including phenoxy) is 2. The number of methoxy groups -OCH3 is 2. The second-order valence-corrected chi connectivity index (χ2v) is 8.14. The van der Waals surface area contributed by atoms with Crippen LogP contribution in [0, 0.1) is 0 Å². The van der Waals surface area contributed by atoms with Crippen molar-refractivity contribution in [1.29, 1.82) is 0 Å². The third kappa shape index (κ3) is 4.04. The van der Waals surface area contributed by atoms with Gasteiger partial charge in [0, 0.05) is 32.2 Å². The summed E-state index contributed by atoms with van der Waals surface area (Å²) in [6.45, 7) is 2.44. The lowest BCUT2D eigenvalue weighted by molar-refractivity contribution is 0.0592. The summed E-state index contributed by atoms with van der Waals surface area (Å²) in [6, 6.07) is 5.23. The van der Waals surface area contributed by atoms with Gasteiger partial charge in [0.05, 0.1) is 26.0 Å². The number of rotatable bonds is 5. The molecule has 2 aliphatic rings. The Balaban J connectivity index is 1.74. The molecule has 1 amide bonds. The normalized spacial score (nSPS) is 19.0. The van der Waals surface area contributed by atoms with Gasteiger partial charge in [-0.05, 0) is 44.9 Å².